The number of nitrogens with one attached hydrogen (secondary N) is 1. The summed E-state index contributed by atoms with van der Waals surface area (Å²) in [5.41, 5.74) is 0.307. The van der Waals surface area contributed by atoms with Crippen molar-refractivity contribution in [3.63, 3.8) is 0 Å². The Bertz CT molecular complexity index is 422. The maximum Gasteiger partial charge on any atom is 0.317 e. The second-order valence-corrected chi connectivity index (χ2v) is 4.77. The zero-order chi connectivity index (χ0) is 14.4. The number of carbonyl (C=O) groups excluding carboxylic acids is 1. The Morgan fingerprint density at radius 3 is 2.84 bits per heavy atom. The highest BCUT2D eigenvalue weighted by Crippen LogP contribution is 2.20. The third-order valence-electron chi connectivity index (χ3n) is 2.59. The van der Waals surface area contributed by atoms with Gasteiger partial charge in [0.1, 0.15) is 5.82 Å². The second kappa shape index (κ2) is 7.31. The molecule has 0 spiro atoms. The van der Waals surface area contributed by atoms with Gasteiger partial charge in [0.2, 0.25) is 0 Å². The zero-order valence-electron chi connectivity index (χ0n) is 11.2. The third-order valence-corrected chi connectivity index (χ3v) is 2.94. The number of urea groups is 1. The quantitative estimate of drug-likeness (QED) is 0.905. The number of hydrogen-bond donors (Lipinski definition) is 1. The summed E-state index contributed by atoms with van der Waals surface area (Å²) in [4.78, 5) is 13.2. The summed E-state index contributed by atoms with van der Waals surface area (Å²) >= 11 is 5.92. The summed E-state index contributed by atoms with van der Waals surface area (Å²) in [6, 6.07) is 4.03. The fourth-order valence-corrected chi connectivity index (χ4v) is 1.83. The van der Waals surface area contributed by atoms with Crippen molar-refractivity contribution < 1.29 is 13.9 Å². The van der Waals surface area contributed by atoms with Crippen LogP contribution < -0.4 is 5.32 Å². The summed E-state index contributed by atoms with van der Waals surface area (Å²) in [6.45, 7) is 2.35. The molecule has 1 aromatic rings. The molecule has 0 bridgehead atoms. The van der Waals surface area contributed by atoms with Crippen LogP contribution in [0.25, 0.3) is 0 Å². The van der Waals surface area contributed by atoms with Gasteiger partial charge in [-0.15, -0.1) is 0 Å². The molecular formula is C13H18ClFN2O2. The molecule has 6 heteroatoms. The number of rotatable bonds is 5. The van der Waals surface area contributed by atoms with Crippen LogP contribution in [-0.4, -0.2) is 37.7 Å². The van der Waals surface area contributed by atoms with Gasteiger partial charge < -0.3 is 15.0 Å². The number of amides is 2. The van der Waals surface area contributed by atoms with Gasteiger partial charge in [-0.05, 0) is 19.1 Å². The van der Waals surface area contributed by atoms with Gasteiger partial charge in [-0.25, -0.2) is 9.18 Å². The fourth-order valence-electron chi connectivity index (χ4n) is 1.61. The first-order chi connectivity index (χ1) is 8.95. The minimum absolute atomic E-state index is 0.108. The molecule has 0 aliphatic heterocycles. The smallest absolute Gasteiger partial charge is 0.317 e. The van der Waals surface area contributed by atoms with E-state index >= 15 is 0 Å². The SMILES string of the molecule is COCC(C)NC(=O)N(C)Cc1c(F)cccc1Cl. The average molecular weight is 289 g/mol. The average Bonchev–Trinajstić information content (AvgIpc) is 2.34. The van der Waals surface area contributed by atoms with Crippen LogP contribution in [0, 0.1) is 5.82 Å². The third kappa shape index (κ3) is 4.69. The van der Waals surface area contributed by atoms with Gasteiger partial charge in [0.25, 0.3) is 0 Å². The highest BCUT2D eigenvalue weighted by molar-refractivity contribution is 6.31. The lowest BCUT2D eigenvalue weighted by Gasteiger charge is -2.21. The van der Waals surface area contributed by atoms with Gasteiger partial charge in [-0.1, -0.05) is 17.7 Å². The number of ether oxygens (including phenoxy) is 1. The molecule has 0 heterocycles. The van der Waals surface area contributed by atoms with E-state index < -0.39 is 5.82 Å². The van der Waals surface area contributed by atoms with Crippen LogP contribution in [0.2, 0.25) is 5.02 Å². The molecule has 1 rings (SSSR count). The van der Waals surface area contributed by atoms with Crippen LogP contribution in [0.4, 0.5) is 9.18 Å². The van der Waals surface area contributed by atoms with Gasteiger partial charge in [0.15, 0.2) is 0 Å². The van der Waals surface area contributed by atoms with Crippen LogP contribution in [0.15, 0.2) is 18.2 Å². The molecule has 0 aromatic heterocycles. The number of halogens is 2. The van der Waals surface area contributed by atoms with E-state index in [1.54, 1.807) is 20.2 Å². The van der Waals surface area contributed by atoms with Crippen molar-refractivity contribution in [3.05, 3.63) is 34.6 Å². The van der Waals surface area contributed by atoms with E-state index in [0.717, 1.165) is 0 Å². The highest BCUT2D eigenvalue weighted by atomic mass is 35.5. The van der Waals surface area contributed by atoms with Gasteiger partial charge in [-0.3, -0.25) is 0 Å². The maximum atomic E-state index is 13.6. The number of nitrogens with zero attached hydrogens (tertiary/aromatic N) is 1. The molecule has 0 aliphatic rings. The Kier molecular flexibility index (Phi) is 6.05. The zero-order valence-corrected chi connectivity index (χ0v) is 12.0. The lowest BCUT2D eigenvalue weighted by molar-refractivity contribution is 0.162. The van der Waals surface area contributed by atoms with Crippen molar-refractivity contribution in [2.24, 2.45) is 0 Å². The van der Waals surface area contributed by atoms with Gasteiger partial charge in [-0.2, -0.15) is 0 Å². The van der Waals surface area contributed by atoms with Crippen LogP contribution in [0.1, 0.15) is 12.5 Å². The molecule has 0 fully saturated rings. The summed E-state index contributed by atoms with van der Waals surface area (Å²) < 4.78 is 18.5. The van der Waals surface area contributed by atoms with Crippen molar-refractivity contribution >= 4 is 17.6 Å². The summed E-state index contributed by atoms with van der Waals surface area (Å²) in [5, 5.41) is 3.05. The van der Waals surface area contributed by atoms with Crippen molar-refractivity contribution in [1.82, 2.24) is 10.2 Å². The standard InChI is InChI=1S/C13H18ClFN2O2/c1-9(8-19-3)16-13(18)17(2)7-10-11(14)5-4-6-12(10)15/h4-6,9H,7-8H2,1-3H3,(H,16,18). The molecule has 0 radical (unpaired) electrons. The van der Waals surface area contributed by atoms with E-state index in [1.807, 2.05) is 6.92 Å². The first-order valence-corrected chi connectivity index (χ1v) is 6.27. The normalized spacial score (nSPS) is 12.1. The molecule has 1 N–H and O–H groups in total. The number of benzene rings is 1. The van der Waals surface area contributed by atoms with E-state index in [-0.39, 0.29) is 18.6 Å². The molecule has 1 aromatic carbocycles. The Hall–Kier alpha value is -1.33. The topological polar surface area (TPSA) is 41.6 Å². The second-order valence-electron chi connectivity index (χ2n) is 4.36. The lowest BCUT2D eigenvalue weighted by Crippen LogP contribution is -2.43. The monoisotopic (exact) mass is 288 g/mol. The molecule has 0 saturated carbocycles. The minimum Gasteiger partial charge on any atom is -0.383 e. The molecule has 1 unspecified atom stereocenters. The molecule has 0 aliphatic carbocycles. The minimum atomic E-state index is -0.419. The Morgan fingerprint density at radius 2 is 2.26 bits per heavy atom. The first-order valence-electron chi connectivity index (χ1n) is 5.89. The molecule has 106 valence electrons. The number of methoxy groups -OCH3 is 1. The van der Waals surface area contributed by atoms with Gasteiger partial charge in [0, 0.05) is 24.7 Å². The Morgan fingerprint density at radius 1 is 1.58 bits per heavy atom. The van der Waals surface area contributed by atoms with Crippen molar-refractivity contribution in [2.75, 3.05) is 20.8 Å². The first kappa shape index (κ1) is 15.7. The number of hydrogen-bond acceptors (Lipinski definition) is 2. The molecule has 2 amide bonds. The van der Waals surface area contributed by atoms with Crippen LogP contribution in [-0.2, 0) is 11.3 Å². The predicted octanol–water partition coefficient (Wildman–Crippen LogP) is 2.66. The van der Waals surface area contributed by atoms with E-state index in [1.165, 1.54) is 17.0 Å². The molecular weight excluding hydrogens is 271 g/mol. The van der Waals surface area contributed by atoms with E-state index in [0.29, 0.717) is 17.2 Å². The van der Waals surface area contributed by atoms with E-state index in [2.05, 4.69) is 5.32 Å². The van der Waals surface area contributed by atoms with Crippen LogP contribution in [0.3, 0.4) is 0 Å². The summed E-state index contributed by atoms with van der Waals surface area (Å²) in [5.74, 6) is -0.419. The maximum absolute atomic E-state index is 13.6. The highest BCUT2D eigenvalue weighted by Gasteiger charge is 2.15. The fraction of sp³-hybridized carbons (Fsp3) is 0.462. The van der Waals surface area contributed by atoms with E-state index in [4.69, 9.17) is 16.3 Å². The van der Waals surface area contributed by atoms with Crippen LogP contribution in [0.5, 0.6) is 0 Å². The van der Waals surface area contributed by atoms with E-state index in [9.17, 15) is 9.18 Å². The van der Waals surface area contributed by atoms with Crippen molar-refractivity contribution in [1.29, 1.82) is 0 Å². The summed E-state index contributed by atoms with van der Waals surface area (Å²) in [7, 11) is 3.14. The lowest BCUT2D eigenvalue weighted by atomic mass is 10.2. The largest absolute Gasteiger partial charge is 0.383 e. The molecule has 4 nitrogen and oxygen atoms in total. The van der Waals surface area contributed by atoms with Crippen molar-refractivity contribution in [2.45, 2.75) is 19.5 Å². The van der Waals surface area contributed by atoms with Gasteiger partial charge in [0.05, 0.1) is 19.2 Å². The Labute approximate surface area is 117 Å². The predicted molar refractivity (Wildman–Crippen MR) is 72.7 cm³/mol. The van der Waals surface area contributed by atoms with Gasteiger partial charge >= 0.3 is 6.03 Å². The molecule has 0 saturated heterocycles. The van der Waals surface area contributed by atoms with Crippen molar-refractivity contribution in [3.8, 4) is 0 Å². The molecule has 19 heavy (non-hydrogen) atoms. The summed E-state index contributed by atoms with van der Waals surface area (Å²) in [6.07, 6.45) is 0. The number of carbonyl (C=O) groups is 1. The Balaban J connectivity index is 2.64. The molecule has 1 atom stereocenters. The van der Waals surface area contributed by atoms with Crippen LogP contribution >= 0.6 is 11.6 Å².